The van der Waals surface area contributed by atoms with Crippen LogP contribution in [0.4, 0.5) is 0 Å². The molecule has 1 atom stereocenters. The molecule has 122 valence electrons. The Hall–Kier alpha value is -2.31. The van der Waals surface area contributed by atoms with Gasteiger partial charge < -0.3 is 20.2 Å². The maximum Gasteiger partial charge on any atom is 0.339 e. The van der Waals surface area contributed by atoms with Crippen molar-refractivity contribution in [1.29, 1.82) is 0 Å². The first kappa shape index (κ1) is 17.7. The quantitative estimate of drug-likeness (QED) is 0.763. The van der Waals surface area contributed by atoms with E-state index in [4.69, 9.17) is 9.52 Å². The van der Waals surface area contributed by atoms with Crippen LogP contribution >= 0.6 is 0 Å². The molecule has 3 N–H and O–H groups in total. The molecule has 1 unspecified atom stereocenters. The molecule has 0 aliphatic rings. The number of aromatic carboxylic acids is 1. The van der Waals surface area contributed by atoms with Crippen molar-refractivity contribution in [2.45, 2.75) is 47.2 Å². The summed E-state index contributed by atoms with van der Waals surface area (Å²) in [6.07, 6.45) is 0. The van der Waals surface area contributed by atoms with Gasteiger partial charge in [-0.3, -0.25) is 9.59 Å². The second kappa shape index (κ2) is 6.64. The predicted molar refractivity (Wildman–Crippen MR) is 79.3 cm³/mol. The highest BCUT2D eigenvalue weighted by Crippen LogP contribution is 2.15. The fourth-order valence-corrected chi connectivity index (χ4v) is 1.65. The summed E-state index contributed by atoms with van der Waals surface area (Å²) in [5.74, 6) is -1.05. The van der Waals surface area contributed by atoms with E-state index in [0.29, 0.717) is 5.76 Å². The molecule has 1 aromatic rings. The number of furan rings is 1. The van der Waals surface area contributed by atoms with Gasteiger partial charge in [-0.05, 0) is 19.9 Å². The number of rotatable bonds is 5. The fourth-order valence-electron chi connectivity index (χ4n) is 1.65. The van der Waals surface area contributed by atoms with E-state index < -0.39 is 17.4 Å². The molecule has 0 saturated heterocycles. The molecule has 0 aromatic carbocycles. The predicted octanol–water partition coefficient (Wildman–Crippen LogP) is 1.45. The molecule has 0 aliphatic carbocycles. The lowest BCUT2D eigenvalue weighted by Crippen LogP contribution is -2.48. The summed E-state index contributed by atoms with van der Waals surface area (Å²) < 4.78 is 5.26. The van der Waals surface area contributed by atoms with E-state index >= 15 is 0 Å². The minimum absolute atomic E-state index is 0.0582. The molecule has 0 aliphatic heterocycles. The van der Waals surface area contributed by atoms with E-state index in [9.17, 15) is 14.4 Å². The largest absolute Gasteiger partial charge is 0.478 e. The summed E-state index contributed by atoms with van der Waals surface area (Å²) in [5.41, 5.74) is -0.512. The second-order valence-corrected chi connectivity index (χ2v) is 6.15. The maximum absolute atomic E-state index is 11.9. The molecular formula is C15H22N2O5. The van der Waals surface area contributed by atoms with Gasteiger partial charge in [-0.2, -0.15) is 0 Å². The van der Waals surface area contributed by atoms with Crippen LogP contribution in [0, 0.1) is 12.3 Å². The summed E-state index contributed by atoms with van der Waals surface area (Å²) in [5, 5.41) is 14.1. The van der Waals surface area contributed by atoms with Gasteiger partial charge in [-0.25, -0.2) is 4.79 Å². The molecule has 0 fully saturated rings. The number of carboxylic acids is 1. The maximum atomic E-state index is 11.9. The molecule has 7 nitrogen and oxygen atoms in total. The normalized spacial score (nSPS) is 12.6. The zero-order valence-electron chi connectivity index (χ0n) is 13.4. The van der Waals surface area contributed by atoms with Crippen LogP contribution in [0.3, 0.4) is 0 Å². The first-order valence-electron chi connectivity index (χ1n) is 6.93. The van der Waals surface area contributed by atoms with Crippen molar-refractivity contribution in [2.75, 3.05) is 0 Å². The smallest absolute Gasteiger partial charge is 0.339 e. The van der Waals surface area contributed by atoms with Crippen LogP contribution in [-0.4, -0.2) is 28.9 Å². The average Bonchev–Trinajstić information content (AvgIpc) is 2.76. The standard InChI is InChI=1S/C15H22N2O5/c1-8(17-14(21)15(3,4)5)12(18)16-7-10-6-11(13(19)20)9(2)22-10/h6,8H,7H2,1-5H3,(H,16,18)(H,17,21)(H,19,20). The van der Waals surface area contributed by atoms with E-state index in [0.717, 1.165) is 0 Å². The molecule has 0 radical (unpaired) electrons. The van der Waals surface area contributed by atoms with E-state index in [2.05, 4.69) is 10.6 Å². The van der Waals surface area contributed by atoms with Gasteiger partial charge in [0.1, 0.15) is 23.1 Å². The number of carbonyl (C=O) groups is 3. The zero-order chi connectivity index (χ0) is 17.1. The Morgan fingerprint density at radius 1 is 1.32 bits per heavy atom. The highest BCUT2D eigenvalue weighted by atomic mass is 16.4. The first-order valence-corrected chi connectivity index (χ1v) is 6.93. The number of hydrogen-bond donors (Lipinski definition) is 3. The lowest BCUT2D eigenvalue weighted by molar-refractivity contribution is -0.133. The SMILES string of the molecule is Cc1oc(CNC(=O)C(C)NC(=O)C(C)(C)C)cc1C(=O)O. The molecular weight excluding hydrogens is 288 g/mol. The highest BCUT2D eigenvalue weighted by Gasteiger charge is 2.25. The lowest BCUT2D eigenvalue weighted by Gasteiger charge is -2.21. The van der Waals surface area contributed by atoms with Crippen molar-refractivity contribution in [1.82, 2.24) is 10.6 Å². The minimum Gasteiger partial charge on any atom is -0.478 e. The molecule has 7 heteroatoms. The van der Waals surface area contributed by atoms with Gasteiger partial charge in [0.2, 0.25) is 11.8 Å². The third-order valence-electron chi connectivity index (χ3n) is 3.06. The molecule has 0 bridgehead atoms. The number of aryl methyl sites for hydroxylation is 1. The van der Waals surface area contributed by atoms with E-state index in [1.165, 1.54) is 6.07 Å². The topological polar surface area (TPSA) is 109 Å². The highest BCUT2D eigenvalue weighted by molar-refractivity contribution is 5.90. The van der Waals surface area contributed by atoms with Crippen LogP contribution in [0.2, 0.25) is 0 Å². The number of nitrogens with one attached hydrogen (secondary N) is 2. The van der Waals surface area contributed by atoms with Gasteiger partial charge in [0.05, 0.1) is 6.54 Å². The van der Waals surface area contributed by atoms with Gasteiger partial charge in [-0.15, -0.1) is 0 Å². The van der Waals surface area contributed by atoms with Crippen LogP contribution in [0.1, 0.15) is 49.6 Å². The number of carbonyl (C=O) groups excluding carboxylic acids is 2. The summed E-state index contributed by atoms with van der Waals surface area (Å²) in [6.45, 7) is 8.45. The summed E-state index contributed by atoms with van der Waals surface area (Å²) in [6, 6.07) is 0.679. The average molecular weight is 310 g/mol. The van der Waals surface area contributed by atoms with Crippen molar-refractivity contribution in [3.63, 3.8) is 0 Å². The molecule has 1 rings (SSSR count). The van der Waals surface area contributed by atoms with Crippen LogP contribution in [0.5, 0.6) is 0 Å². The monoisotopic (exact) mass is 310 g/mol. The Labute approximate surface area is 129 Å². The Balaban J connectivity index is 2.57. The van der Waals surface area contributed by atoms with Gasteiger partial charge in [-0.1, -0.05) is 20.8 Å². The summed E-state index contributed by atoms with van der Waals surface area (Å²) >= 11 is 0. The molecule has 1 aromatic heterocycles. The third kappa shape index (κ3) is 4.61. The van der Waals surface area contributed by atoms with Crippen molar-refractivity contribution in [3.05, 3.63) is 23.2 Å². The summed E-state index contributed by atoms with van der Waals surface area (Å²) in [7, 11) is 0. The molecule has 2 amide bonds. The third-order valence-corrected chi connectivity index (χ3v) is 3.06. The van der Waals surface area contributed by atoms with E-state index in [1.54, 1.807) is 34.6 Å². The number of amides is 2. The van der Waals surface area contributed by atoms with E-state index in [-0.39, 0.29) is 29.7 Å². The Kier molecular flexibility index (Phi) is 5.35. The van der Waals surface area contributed by atoms with Crippen molar-refractivity contribution >= 4 is 17.8 Å². The van der Waals surface area contributed by atoms with Crippen LogP contribution < -0.4 is 10.6 Å². The Bertz CT molecular complexity index is 583. The molecule has 0 saturated carbocycles. The number of carboxylic acid groups (broad SMARTS) is 1. The minimum atomic E-state index is -1.08. The van der Waals surface area contributed by atoms with Crippen LogP contribution in [0.15, 0.2) is 10.5 Å². The van der Waals surface area contributed by atoms with E-state index in [1.807, 2.05) is 0 Å². The molecule has 0 spiro atoms. The lowest BCUT2D eigenvalue weighted by atomic mass is 9.95. The second-order valence-electron chi connectivity index (χ2n) is 6.15. The van der Waals surface area contributed by atoms with Crippen molar-refractivity contribution < 1.29 is 23.9 Å². The van der Waals surface area contributed by atoms with Crippen molar-refractivity contribution in [2.24, 2.45) is 5.41 Å². The first-order chi connectivity index (χ1) is 10.0. The van der Waals surface area contributed by atoms with Crippen LogP contribution in [-0.2, 0) is 16.1 Å². The van der Waals surface area contributed by atoms with Gasteiger partial charge >= 0.3 is 5.97 Å². The Morgan fingerprint density at radius 3 is 2.36 bits per heavy atom. The molecule has 22 heavy (non-hydrogen) atoms. The van der Waals surface area contributed by atoms with Gasteiger partial charge in [0.15, 0.2) is 0 Å². The van der Waals surface area contributed by atoms with Gasteiger partial charge in [0.25, 0.3) is 0 Å². The molecule has 1 heterocycles. The Morgan fingerprint density at radius 2 is 1.91 bits per heavy atom. The van der Waals surface area contributed by atoms with Crippen LogP contribution in [0.25, 0.3) is 0 Å². The van der Waals surface area contributed by atoms with Gasteiger partial charge in [0, 0.05) is 5.41 Å². The fraction of sp³-hybridized carbons (Fsp3) is 0.533. The van der Waals surface area contributed by atoms with Crippen molar-refractivity contribution in [3.8, 4) is 0 Å². The zero-order valence-corrected chi connectivity index (χ0v) is 13.4. The number of hydrogen-bond acceptors (Lipinski definition) is 4. The summed E-state index contributed by atoms with van der Waals surface area (Å²) in [4.78, 5) is 34.6.